The highest BCUT2D eigenvalue weighted by atomic mass is 16.7. The van der Waals surface area contributed by atoms with Crippen LogP contribution in [0.1, 0.15) is 6.92 Å². The molecule has 0 saturated carbocycles. The van der Waals surface area contributed by atoms with Crippen LogP contribution in [0.2, 0.25) is 0 Å². The molecule has 0 bridgehead atoms. The van der Waals surface area contributed by atoms with Gasteiger partial charge in [0.15, 0.2) is 5.96 Å². The third-order valence-corrected chi connectivity index (χ3v) is 0.950. The summed E-state index contributed by atoms with van der Waals surface area (Å²) in [5.41, 5.74) is 4.96. The van der Waals surface area contributed by atoms with Gasteiger partial charge in [-0.05, 0) is 6.92 Å². The van der Waals surface area contributed by atoms with Crippen molar-refractivity contribution in [3.05, 3.63) is 0 Å². The Kier molecular flexibility index (Phi) is 4.73. The third-order valence-electron chi connectivity index (χ3n) is 0.950. The summed E-state index contributed by atoms with van der Waals surface area (Å²) in [5, 5.41) is 9.03. The summed E-state index contributed by atoms with van der Waals surface area (Å²) >= 11 is 0. The summed E-state index contributed by atoms with van der Waals surface area (Å²) < 4.78 is 4.82. The Morgan fingerprint density at radius 2 is 2.33 bits per heavy atom. The lowest BCUT2D eigenvalue weighted by atomic mass is 10.5. The molecule has 0 amide bonds. The summed E-state index contributed by atoms with van der Waals surface area (Å²) in [6.45, 7) is 1.96. The highest BCUT2D eigenvalue weighted by molar-refractivity contribution is 5.82. The van der Waals surface area contributed by atoms with Gasteiger partial charge in [0.2, 0.25) is 6.23 Å². The minimum atomic E-state index is -1.11. The maximum Gasteiger partial charge on any atom is 0.374 e. The molecule has 0 rings (SSSR count). The first kappa shape index (κ1) is 10.7. The minimum Gasteiger partial charge on any atom is -0.370 e. The molecule has 0 aliphatic rings. The topological polar surface area (TPSA) is 123 Å². The van der Waals surface area contributed by atoms with Crippen LogP contribution < -0.4 is 16.9 Å². The van der Waals surface area contributed by atoms with Gasteiger partial charge in [-0.15, -0.1) is 0 Å². The van der Waals surface area contributed by atoms with E-state index in [-0.39, 0.29) is 12.6 Å². The molecule has 0 aliphatic carbocycles. The summed E-state index contributed by atoms with van der Waals surface area (Å²) in [7, 11) is 0. The van der Waals surface area contributed by atoms with Crippen LogP contribution in [0.3, 0.4) is 0 Å². The maximum absolute atomic E-state index is 10.8. The van der Waals surface area contributed by atoms with E-state index in [0.29, 0.717) is 0 Å². The first-order valence-electron chi connectivity index (χ1n) is 3.24. The molecule has 0 aromatic carbocycles. The van der Waals surface area contributed by atoms with Gasteiger partial charge in [-0.2, -0.15) is 5.90 Å². The Bertz CT molecular complexity index is 172. The molecule has 70 valence electrons. The van der Waals surface area contributed by atoms with Gasteiger partial charge in [0.1, 0.15) is 0 Å². The largest absolute Gasteiger partial charge is 0.374 e. The smallest absolute Gasteiger partial charge is 0.370 e. The van der Waals surface area contributed by atoms with E-state index < -0.39 is 12.2 Å². The number of hydrogen-bond acceptors (Lipinski definition) is 5. The molecule has 0 fully saturated rings. The van der Waals surface area contributed by atoms with Crippen molar-refractivity contribution in [2.75, 3.05) is 6.61 Å². The van der Waals surface area contributed by atoms with E-state index in [9.17, 15) is 4.79 Å². The van der Waals surface area contributed by atoms with E-state index in [1.165, 1.54) is 0 Å². The highest BCUT2D eigenvalue weighted by Gasteiger charge is 2.19. The zero-order chi connectivity index (χ0) is 9.56. The van der Waals surface area contributed by atoms with E-state index in [0.717, 1.165) is 0 Å². The molecule has 0 aliphatic heterocycles. The van der Waals surface area contributed by atoms with Crippen molar-refractivity contribution in [1.82, 2.24) is 5.32 Å². The van der Waals surface area contributed by atoms with Crippen LogP contribution in [-0.4, -0.2) is 24.8 Å². The van der Waals surface area contributed by atoms with Gasteiger partial charge >= 0.3 is 5.97 Å². The monoisotopic (exact) mass is 176 g/mol. The first-order chi connectivity index (χ1) is 5.61. The number of ether oxygens (including phenoxy) is 1. The maximum atomic E-state index is 10.8. The second kappa shape index (κ2) is 5.33. The average molecular weight is 176 g/mol. The van der Waals surface area contributed by atoms with Crippen LogP contribution in [0.25, 0.3) is 0 Å². The number of hydrogen-bond donors (Lipinski definition) is 4. The van der Waals surface area contributed by atoms with E-state index in [1.54, 1.807) is 6.92 Å². The number of rotatable bonds is 4. The van der Waals surface area contributed by atoms with Gasteiger partial charge in [0.05, 0.1) is 0 Å². The Hall–Kier alpha value is -1.34. The van der Waals surface area contributed by atoms with Crippen molar-refractivity contribution < 1.29 is 14.4 Å². The molecule has 0 aromatic rings. The number of guanidine groups is 1. The van der Waals surface area contributed by atoms with Crippen LogP contribution in [0.15, 0.2) is 0 Å². The second-order valence-corrected chi connectivity index (χ2v) is 1.83. The Morgan fingerprint density at radius 1 is 1.75 bits per heavy atom. The van der Waals surface area contributed by atoms with Crippen molar-refractivity contribution in [2.24, 2.45) is 11.6 Å². The van der Waals surface area contributed by atoms with Gasteiger partial charge < -0.3 is 20.6 Å². The number of carbonyl (C=O) groups is 1. The molecule has 0 spiro atoms. The third kappa shape index (κ3) is 3.74. The molecular weight excluding hydrogens is 164 g/mol. The summed E-state index contributed by atoms with van der Waals surface area (Å²) in [6, 6.07) is 0. The van der Waals surface area contributed by atoms with Crippen LogP contribution >= 0.6 is 0 Å². The van der Waals surface area contributed by atoms with Crippen LogP contribution in [-0.2, 0) is 14.4 Å². The molecule has 0 saturated heterocycles. The zero-order valence-electron chi connectivity index (χ0n) is 6.66. The molecule has 6 N–H and O–H groups in total. The van der Waals surface area contributed by atoms with E-state index >= 15 is 0 Å². The van der Waals surface area contributed by atoms with Gasteiger partial charge in [0, 0.05) is 6.61 Å². The molecule has 7 nitrogen and oxygen atoms in total. The fourth-order valence-corrected chi connectivity index (χ4v) is 0.538. The van der Waals surface area contributed by atoms with Gasteiger partial charge in [-0.25, -0.2) is 4.79 Å². The standard InChI is InChI=1S/C5H12N4O3/c1-2-11-3(4(10)12-8)9-5(6)7/h3H,2,8H2,1H3,(H4,6,7,9). The van der Waals surface area contributed by atoms with Crippen LogP contribution in [0, 0.1) is 5.41 Å². The lowest BCUT2D eigenvalue weighted by Crippen LogP contribution is -2.47. The van der Waals surface area contributed by atoms with E-state index in [1.807, 2.05) is 0 Å². The molecule has 7 heteroatoms. The quantitative estimate of drug-likeness (QED) is 0.174. The number of nitrogens with one attached hydrogen (secondary N) is 2. The minimum absolute atomic E-state index is 0.278. The molecule has 12 heavy (non-hydrogen) atoms. The van der Waals surface area contributed by atoms with Crippen LogP contribution in [0.5, 0.6) is 0 Å². The molecule has 0 heterocycles. The van der Waals surface area contributed by atoms with Crippen LogP contribution in [0.4, 0.5) is 0 Å². The predicted molar refractivity (Wildman–Crippen MR) is 40.7 cm³/mol. The Morgan fingerprint density at radius 3 is 2.67 bits per heavy atom. The van der Waals surface area contributed by atoms with Gasteiger partial charge in [0.25, 0.3) is 0 Å². The van der Waals surface area contributed by atoms with Crippen molar-refractivity contribution >= 4 is 11.9 Å². The van der Waals surface area contributed by atoms with E-state index in [2.05, 4.69) is 16.1 Å². The first-order valence-corrected chi connectivity index (χ1v) is 3.24. The Balaban J connectivity index is 4.02. The highest BCUT2D eigenvalue weighted by Crippen LogP contribution is 1.88. The molecule has 1 unspecified atom stereocenters. The van der Waals surface area contributed by atoms with Crippen molar-refractivity contribution in [2.45, 2.75) is 13.2 Å². The predicted octanol–water partition coefficient (Wildman–Crippen LogP) is -1.75. The molecule has 0 radical (unpaired) electrons. The van der Waals surface area contributed by atoms with Crippen molar-refractivity contribution in [3.8, 4) is 0 Å². The molecule has 1 atom stereocenters. The lowest BCUT2D eigenvalue weighted by molar-refractivity contribution is -0.158. The molecular formula is C5H12N4O3. The van der Waals surface area contributed by atoms with Gasteiger partial charge in [-0.1, -0.05) is 0 Å². The lowest BCUT2D eigenvalue weighted by Gasteiger charge is -2.14. The Labute approximate surface area is 69.5 Å². The summed E-state index contributed by atoms with van der Waals surface area (Å²) in [5.74, 6) is 3.38. The normalized spacial score (nSPS) is 11.8. The summed E-state index contributed by atoms with van der Waals surface area (Å²) in [6.07, 6.45) is -1.11. The average Bonchev–Trinajstić information content (AvgIpc) is 2.01. The summed E-state index contributed by atoms with van der Waals surface area (Å²) in [4.78, 5) is 14.6. The van der Waals surface area contributed by atoms with Gasteiger partial charge in [-0.3, -0.25) is 5.41 Å². The van der Waals surface area contributed by atoms with E-state index in [4.69, 9.17) is 15.9 Å². The SMILES string of the molecule is CCOC(NC(=N)N)C(=O)ON. The number of nitrogens with two attached hydrogens (primary N) is 2. The number of carbonyl (C=O) groups excluding carboxylic acids is 1. The van der Waals surface area contributed by atoms with Crippen molar-refractivity contribution in [3.63, 3.8) is 0 Å². The van der Waals surface area contributed by atoms with Crippen molar-refractivity contribution in [1.29, 1.82) is 5.41 Å². The fourth-order valence-electron chi connectivity index (χ4n) is 0.538. The second-order valence-electron chi connectivity index (χ2n) is 1.83. The molecule has 0 aromatic heterocycles. The zero-order valence-corrected chi connectivity index (χ0v) is 6.66. The fraction of sp³-hybridized carbons (Fsp3) is 0.600.